The highest BCUT2D eigenvalue weighted by atomic mass is 19.4. The molecule has 0 fully saturated rings. The molecule has 0 aromatic carbocycles. The zero-order chi connectivity index (χ0) is 12.6. The summed E-state index contributed by atoms with van der Waals surface area (Å²) in [5.74, 6) is -0.365. The summed E-state index contributed by atoms with van der Waals surface area (Å²) in [5, 5.41) is 2.40. The maximum absolute atomic E-state index is 11.8. The van der Waals surface area contributed by atoms with E-state index in [-0.39, 0.29) is 18.9 Å². The largest absolute Gasteiger partial charge is 0.389 e. The van der Waals surface area contributed by atoms with Gasteiger partial charge in [-0.15, -0.1) is 0 Å². The lowest BCUT2D eigenvalue weighted by atomic mass is 10.1. The predicted octanol–water partition coefficient (Wildman–Crippen LogP) is 1.96. The molecule has 3 N–H and O–H groups in total. The Balaban J connectivity index is 3.57. The molecule has 0 aliphatic carbocycles. The van der Waals surface area contributed by atoms with Crippen LogP contribution in [0.4, 0.5) is 13.2 Å². The van der Waals surface area contributed by atoms with Crippen LogP contribution < -0.4 is 11.1 Å². The van der Waals surface area contributed by atoms with Crippen LogP contribution in [0.1, 0.15) is 39.0 Å². The van der Waals surface area contributed by atoms with Gasteiger partial charge in [0, 0.05) is 13.0 Å². The Morgan fingerprint density at radius 3 is 2.50 bits per heavy atom. The molecule has 0 heterocycles. The number of amides is 1. The second-order valence-electron chi connectivity index (χ2n) is 3.76. The number of rotatable bonds is 7. The number of carbonyl (C=O) groups is 1. The maximum atomic E-state index is 11.8. The van der Waals surface area contributed by atoms with Crippen LogP contribution in [-0.2, 0) is 4.79 Å². The minimum Gasteiger partial charge on any atom is -0.355 e. The number of halogens is 3. The zero-order valence-electron chi connectivity index (χ0n) is 9.44. The average molecular weight is 240 g/mol. The number of carbonyl (C=O) groups excluding carboxylic acids is 1. The van der Waals surface area contributed by atoms with Crippen molar-refractivity contribution in [1.82, 2.24) is 5.32 Å². The van der Waals surface area contributed by atoms with E-state index in [2.05, 4.69) is 5.32 Å². The monoisotopic (exact) mass is 240 g/mol. The number of unbranched alkanes of at least 4 members (excludes halogenated alkanes) is 1. The summed E-state index contributed by atoms with van der Waals surface area (Å²) in [6.07, 6.45) is -2.78. The van der Waals surface area contributed by atoms with E-state index >= 15 is 0 Å². The lowest BCUT2D eigenvalue weighted by Gasteiger charge is -2.12. The number of hydrogen-bond donors (Lipinski definition) is 2. The van der Waals surface area contributed by atoms with Gasteiger partial charge in [0.15, 0.2) is 0 Å². The third-order valence-corrected chi connectivity index (χ3v) is 2.14. The van der Waals surface area contributed by atoms with E-state index in [4.69, 9.17) is 5.73 Å². The molecule has 6 heteroatoms. The van der Waals surface area contributed by atoms with Crippen molar-refractivity contribution in [2.45, 2.75) is 51.2 Å². The Hall–Kier alpha value is -0.780. The molecule has 0 aliphatic heterocycles. The molecule has 0 aliphatic rings. The third kappa shape index (κ3) is 8.52. The van der Waals surface area contributed by atoms with E-state index < -0.39 is 18.6 Å². The molecular weight excluding hydrogens is 221 g/mol. The maximum Gasteiger partial charge on any atom is 0.389 e. The zero-order valence-corrected chi connectivity index (χ0v) is 9.44. The van der Waals surface area contributed by atoms with Crippen LogP contribution in [0, 0.1) is 0 Å². The summed E-state index contributed by atoms with van der Waals surface area (Å²) in [6, 6.07) is -0.606. The molecule has 0 saturated heterocycles. The first-order chi connectivity index (χ1) is 7.37. The van der Waals surface area contributed by atoms with Gasteiger partial charge in [-0.1, -0.05) is 19.8 Å². The summed E-state index contributed by atoms with van der Waals surface area (Å²) in [7, 11) is 0. The van der Waals surface area contributed by atoms with E-state index in [9.17, 15) is 18.0 Å². The van der Waals surface area contributed by atoms with Crippen LogP contribution in [0.3, 0.4) is 0 Å². The highest BCUT2D eigenvalue weighted by molar-refractivity contribution is 5.81. The molecule has 16 heavy (non-hydrogen) atoms. The number of nitrogens with one attached hydrogen (secondary N) is 1. The van der Waals surface area contributed by atoms with Crippen LogP contribution in [0.25, 0.3) is 0 Å². The molecule has 1 amide bonds. The Bertz CT molecular complexity index is 207. The molecule has 0 aromatic rings. The fourth-order valence-corrected chi connectivity index (χ4v) is 1.19. The molecule has 0 saturated carbocycles. The molecule has 3 nitrogen and oxygen atoms in total. The van der Waals surface area contributed by atoms with Crippen LogP contribution in [0.2, 0.25) is 0 Å². The minimum absolute atomic E-state index is 0.0260. The van der Waals surface area contributed by atoms with Gasteiger partial charge in [0.2, 0.25) is 5.91 Å². The SMILES string of the molecule is CCCCC(N)C(=O)NCCCC(F)(F)F. The van der Waals surface area contributed by atoms with Gasteiger partial charge in [-0.05, 0) is 12.8 Å². The van der Waals surface area contributed by atoms with Crippen molar-refractivity contribution in [3.05, 3.63) is 0 Å². The molecular formula is C10H19F3N2O. The first-order valence-corrected chi connectivity index (χ1v) is 5.47. The summed E-state index contributed by atoms with van der Waals surface area (Å²) in [6.45, 7) is 2.01. The quantitative estimate of drug-likeness (QED) is 0.668. The molecule has 0 spiro atoms. The number of nitrogens with two attached hydrogens (primary N) is 1. The molecule has 1 atom stereocenters. The van der Waals surface area contributed by atoms with Crippen LogP contribution >= 0.6 is 0 Å². The van der Waals surface area contributed by atoms with E-state index in [0.29, 0.717) is 6.42 Å². The number of hydrogen-bond acceptors (Lipinski definition) is 2. The van der Waals surface area contributed by atoms with Crippen molar-refractivity contribution < 1.29 is 18.0 Å². The Kier molecular flexibility index (Phi) is 7.12. The standard InChI is InChI=1S/C10H19F3N2O/c1-2-3-5-8(14)9(16)15-7-4-6-10(11,12)13/h8H,2-7,14H2,1H3,(H,15,16). The molecule has 1 unspecified atom stereocenters. The van der Waals surface area contributed by atoms with Gasteiger partial charge >= 0.3 is 6.18 Å². The van der Waals surface area contributed by atoms with Crippen LogP contribution in [0.5, 0.6) is 0 Å². The Morgan fingerprint density at radius 1 is 1.38 bits per heavy atom. The predicted molar refractivity (Wildman–Crippen MR) is 55.8 cm³/mol. The van der Waals surface area contributed by atoms with E-state index in [1.165, 1.54) is 0 Å². The van der Waals surface area contributed by atoms with Crippen LogP contribution in [-0.4, -0.2) is 24.7 Å². The molecule has 0 bridgehead atoms. The van der Waals surface area contributed by atoms with Crippen molar-refractivity contribution in [3.8, 4) is 0 Å². The minimum atomic E-state index is -4.16. The third-order valence-electron chi connectivity index (χ3n) is 2.14. The summed E-state index contributed by atoms with van der Waals surface area (Å²) in [4.78, 5) is 11.3. The second-order valence-corrected chi connectivity index (χ2v) is 3.76. The van der Waals surface area contributed by atoms with Crippen LogP contribution in [0.15, 0.2) is 0 Å². The van der Waals surface area contributed by atoms with Gasteiger partial charge in [0.1, 0.15) is 0 Å². The lowest BCUT2D eigenvalue weighted by molar-refractivity contribution is -0.136. The van der Waals surface area contributed by atoms with Gasteiger partial charge in [0.25, 0.3) is 0 Å². The highest BCUT2D eigenvalue weighted by Gasteiger charge is 2.26. The molecule has 0 aromatic heterocycles. The van der Waals surface area contributed by atoms with Gasteiger partial charge < -0.3 is 11.1 Å². The molecule has 96 valence electrons. The first kappa shape index (κ1) is 15.2. The van der Waals surface area contributed by atoms with E-state index in [1.54, 1.807) is 0 Å². The topological polar surface area (TPSA) is 55.1 Å². The average Bonchev–Trinajstić information content (AvgIpc) is 2.19. The molecule has 0 rings (SSSR count). The Morgan fingerprint density at radius 2 is 2.00 bits per heavy atom. The lowest BCUT2D eigenvalue weighted by Crippen LogP contribution is -2.41. The smallest absolute Gasteiger partial charge is 0.355 e. The van der Waals surface area contributed by atoms with E-state index in [0.717, 1.165) is 12.8 Å². The van der Waals surface area contributed by atoms with Gasteiger partial charge in [-0.2, -0.15) is 13.2 Å². The fraction of sp³-hybridized carbons (Fsp3) is 0.900. The van der Waals surface area contributed by atoms with Crippen molar-refractivity contribution in [2.75, 3.05) is 6.54 Å². The first-order valence-electron chi connectivity index (χ1n) is 5.47. The fourth-order valence-electron chi connectivity index (χ4n) is 1.19. The van der Waals surface area contributed by atoms with Crippen molar-refractivity contribution in [1.29, 1.82) is 0 Å². The van der Waals surface area contributed by atoms with Crippen molar-refractivity contribution in [3.63, 3.8) is 0 Å². The van der Waals surface area contributed by atoms with Gasteiger partial charge in [-0.25, -0.2) is 0 Å². The van der Waals surface area contributed by atoms with Crippen molar-refractivity contribution >= 4 is 5.91 Å². The number of alkyl halides is 3. The van der Waals surface area contributed by atoms with E-state index in [1.807, 2.05) is 6.92 Å². The summed E-state index contributed by atoms with van der Waals surface area (Å²) < 4.78 is 35.3. The van der Waals surface area contributed by atoms with Gasteiger partial charge in [-0.3, -0.25) is 4.79 Å². The van der Waals surface area contributed by atoms with Crippen molar-refractivity contribution in [2.24, 2.45) is 5.73 Å². The summed E-state index contributed by atoms with van der Waals surface area (Å²) in [5.41, 5.74) is 5.54. The Labute approximate surface area is 93.6 Å². The van der Waals surface area contributed by atoms with Gasteiger partial charge in [0.05, 0.1) is 6.04 Å². The normalized spacial score (nSPS) is 13.6. The molecule has 0 radical (unpaired) electrons. The second kappa shape index (κ2) is 7.49. The highest BCUT2D eigenvalue weighted by Crippen LogP contribution is 2.20. The summed E-state index contributed by atoms with van der Waals surface area (Å²) >= 11 is 0.